The number of nitrogens with two attached hydrogens (primary N) is 1. The lowest BCUT2D eigenvalue weighted by molar-refractivity contribution is -0.119. The Labute approximate surface area is 106 Å². The first-order valence-electron chi connectivity index (χ1n) is 5.95. The molecular weight excluding hydrogens is 230 g/mol. The molecule has 0 aliphatic carbocycles. The van der Waals surface area contributed by atoms with Crippen molar-refractivity contribution in [1.29, 1.82) is 0 Å². The van der Waals surface area contributed by atoms with E-state index in [9.17, 15) is 9.59 Å². The Bertz CT molecular complexity index is 485. The van der Waals surface area contributed by atoms with E-state index in [2.05, 4.69) is 10.6 Å². The van der Waals surface area contributed by atoms with Gasteiger partial charge in [0.2, 0.25) is 11.8 Å². The van der Waals surface area contributed by atoms with Gasteiger partial charge in [0.1, 0.15) is 0 Å². The molecule has 4 N–H and O–H groups in total. The van der Waals surface area contributed by atoms with Gasteiger partial charge in [-0.15, -0.1) is 0 Å². The summed E-state index contributed by atoms with van der Waals surface area (Å²) in [5.74, 6) is -0.323. The Kier molecular flexibility index (Phi) is 3.62. The molecular formula is C13H17N3O2. The number of primary amides is 1. The molecule has 96 valence electrons. The van der Waals surface area contributed by atoms with Crippen molar-refractivity contribution in [2.24, 2.45) is 5.73 Å². The van der Waals surface area contributed by atoms with Crippen molar-refractivity contribution in [3.05, 3.63) is 34.9 Å². The van der Waals surface area contributed by atoms with Crippen molar-refractivity contribution < 1.29 is 9.59 Å². The summed E-state index contributed by atoms with van der Waals surface area (Å²) >= 11 is 0. The summed E-state index contributed by atoms with van der Waals surface area (Å²) in [5, 5.41) is 6.10. The maximum absolute atomic E-state index is 11.0. The van der Waals surface area contributed by atoms with Crippen LogP contribution >= 0.6 is 0 Å². The molecule has 1 aliphatic heterocycles. The molecule has 1 saturated heterocycles. The van der Waals surface area contributed by atoms with Crippen molar-refractivity contribution in [3.8, 4) is 0 Å². The van der Waals surface area contributed by atoms with E-state index in [1.807, 2.05) is 13.0 Å². The Morgan fingerprint density at radius 3 is 2.89 bits per heavy atom. The molecule has 0 aromatic heterocycles. The highest BCUT2D eigenvalue weighted by Crippen LogP contribution is 2.11. The van der Waals surface area contributed by atoms with Crippen LogP contribution in [0.15, 0.2) is 18.2 Å². The summed E-state index contributed by atoms with van der Waals surface area (Å²) in [6, 6.07) is 5.60. The zero-order valence-corrected chi connectivity index (χ0v) is 10.3. The van der Waals surface area contributed by atoms with Crippen LogP contribution in [0.5, 0.6) is 0 Å². The fourth-order valence-corrected chi connectivity index (χ4v) is 2.05. The smallest absolute Gasteiger partial charge is 0.248 e. The molecule has 5 heteroatoms. The van der Waals surface area contributed by atoms with Crippen molar-refractivity contribution in [2.75, 3.05) is 6.54 Å². The minimum absolute atomic E-state index is 0.0910. The molecule has 2 amide bonds. The molecule has 0 bridgehead atoms. The highest BCUT2D eigenvalue weighted by atomic mass is 16.2. The van der Waals surface area contributed by atoms with Gasteiger partial charge >= 0.3 is 0 Å². The van der Waals surface area contributed by atoms with Crippen LogP contribution in [0.4, 0.5) is 0 Å². The van der Waals surface area contributed by atoms with Crippen LogP contribution in [0.25, 0.3) is 0 Å². The fourth-order valence-electron chi connectivity index (χ4n) is 2.05. The number of aryl methyl sites for hydroxylation is 1. The monoisotopic (exact) mass is 247 g/mol. The van der Waals surface area contributed by atoms with E-state index in [0.717, 1.165) is 11.1 Å². The molecule has 1 atom stereocenters. The molecule has 1 fully saturated rings. The van der Waals surface area contributed by atoms with E-state index in [4.69, 9.17) is 5.73 Å². The molecule has 5 nitrogen and oxygen atoms in total. The second-order valence-electron chi connectivity index (χ2n) is 4.59. The molecule has 1 unspecified atom stereocenters. The number of carbonyl (C=O) groups excluding carboxylic acids is 2. The van der Waals surface area contributed by atoms with Crippen LogP contribution in [0.3, 0.4) is 0 Å². The van der Waals surface area contributed by atoms with Gasteiger partial charge in [0.25, 0.3) is 0 Å². The predicted molar refractivity (Wildman–Crippen MR) is 68.0 cm³/mol. The summed E-state index contributed by atoms with van der Waals surface area (Å²) in [7, 11) is 0. The summed E-state index contributed by atoms with van der Waals surface area (Å²) in [6.45, 7) is 3.31. The second-order valence-corrected chi connectivity index (χ2v) is 4.59. The molecule has 2 rings (SSSR count). The third-order valence-electron chi connectivity index (χ3n) is 3.19. The molecule has 0 radical (unpaired) electrons. The third kappa shape index (κ3) is 2.87. The number of nitrogens with one attached hydrogen (secondary N) is 2. The summed E-state index contributed by atoms with van der Waals surface area (Å²) < 4.78 is 0. The first-order chi connectivity index (χ1) is 8.56. The van der Waals surface area contributed by atoms with Crippen LogP contribution in [0, 0.1) is 6.92 Å². The van der Waals surface area contributed by atoms with Gasteiger partial charge in [-0.05, 0) is 30.2 Å². The summed E-state index contributed by atoms with van der Waals surface area (Å²) in [4.78, 5) is 22.1. The van der Waals surface area contributed by atoms with E-state index < -0.39 is 5.91 Å². The number of carbonyl (C=O) groups is 2. The molecule has 1 heterocycles. The quantitative estimate of drug-likeness (QED) is 0.704. The Morgan fingerprint density at radius 1 is 1.56 bits per heavy atom. The first kappa shape index (κ1) is 12.6. The van der Waals surface area contributed by atoms with Gasteiger partial charge in [-0.3, -0.25) is 9.59 Å². The average Bonchev–Trinajstić information content (AvgIpc) is 2.73. The minimum Gasteiger partial charge on any atom is -0.366 e. The number of hydrogen-bond acceptors (Lipinski definition) is 3. The van der Waals surface area contributed by atoms with E-state index >= 15 is 0 Å². The van der Waals surface area contributed by atoms with Gasteiger partial charge in [-0.25, -0.2) is 0 Å². The number of rotatable bonds is 4. The summed E-state index contributed by atoms with van der Waals surface area (Å²) in [6.07, 6.45) is 0.526. The van der Waals surface area contributed by atoms with Gasteiger partial charge in [0.15, 0.2) is 0 Å². The van der Waals surface area contributed by atoms with Gasteiger partial charge < -0.3 is 16.4 Å². The van der Waals surface area contributed by atoms with Gasteiger partial charge in [0.05, 0.1) is 0 Å². The highest BCUT2D eigenvalue weighted by molar-refractivity contribution is 5.93. The van der Waals surface area contributed by atoms with Crippen LogP contribution < -0.4 is 16.4 Å². The van der Waals surface area contributed by atoms with Crippen LogP contribution in [-0.2, 0) is 11.3 Å². The van der Waals surface area contributed by atoms with Gasteiger partial charge in [0, 0.05) is 31.1 Å². The van der Waals surface area contributed by atoms with E-state index in [-0.39, 0.29) is 11.9 Å². The molecule has 1 aliphatic rings. The lowest BCUT2D eigenvalue weighted by atomic mass is 10.0. The number of hydrogen-bond donors (Lipinski definition) is 3. The van der Waals surface area contributed by atoms with Crippen LogP contribution in [0.2, 0.25) is 0 Å². The lowest BCUT2D eigenvalue weighted by Gasteiger charge is -2.12. The standard InChI is InChI=1S/C13H17N3O2/c1-8-4-9(13(14)18)2-3-10(8)6-15-11-5-12(17)16-7-11/h2-4,11,15H,5-7H2,1H3,(H2,14,18)(H,16,17). The number of benzene rings is 1. The van der Waals surface area contributed by atoms with E-state index in [1.165, 1.54) is 0 Å². The zero-order chi connectivity index (χ0) is 13.1. The Balaban J connectivity index is 1.97. The van der Waals surface area contributed by atoms with Crippen LogP contribution in [0.1, 0.15) is 27.9 Å². The van der Waals surface area contributed by atoms with Crippen molar-refractivity contribution in [2.45, 2.75) is 25.9 Å². The van der Waals surface area contributed by atoms with Gasteiger partial charge in [-0.1, -0.05) is 6.07 Å². The molecule has 0 spiro atoms. The maximum Gasteiger partial charge on any atom is 0.248 e. The lowest BCUT2D eigenvalue weighted by Crippen LogP contribution is -2.30. The van der Waals surface area contributed by atoms with Gasteiger partial charge in [-0.2, -0.15) is 0 Å². The van der Waals surface area contributed by atoms with E-state index in [1.54, 1.807) is 12.1 Å². The first-order valence-corrected chi connectivity index (χ1v) is 5.95. The Hall–Kier alpha value is -1.88. The molecule has 1 aromatic rings. The molecule has 1 aromatic carbocycles. The topological polar surface area (TPSA) is 84.2 Å². The Morgan fingerprint density at radius 2 is 2.33 bits per heavy atom. The summed E-state index contributed by atoms with van der Waals surface area (Å²) in [5.41, 5.74) is 7.88. The van der Waals surface area contributed by atoms with Crippen molar-refractivity contribution in [3.63, 3.8) is 0 Å². The highest BCUT2D eigenvalue weighted by Gasteiger charge is 2.20. The SMILES string of the molecule is Cc1cc(C(N)=O)ccc1CNC1CNC(=O)C1. The molecule has 18 heavy (non-hydrogen) atoms. The van der Waals surface area contributed by atoms with Crippen molar-refractivity contribution >= 4 is 11.8 Å². The average molecular weight is 247 g/mol. The maximum atomic E-state index is 11.0. The third-order valence-corrected chi connectivity index (χ3v) is 3.19. The van der Waals surface area contributed by atoms with Crippen molar-refractivity contribution in [1.82, 2.24) is 10.6 Å². The van der Waals surface area contributed by atoms with E-state index in [0.29, 0.717) is 25.1 Å². The second kappa shape index (κ2) is 5.18. The minimum atomic E-state index is -0.414. The van der Waals surface area contributed by atoms with Crippen LogP contribution in [-0.4, -0.2) is 24.4 Å². The molecule has 0 saturated carbocycles. The largest absolute Gasteiger partial charge is 0.366 e. The predicted octanol–water partition coefficient (Wildman–Crippen LogP) is 0.0720. The number of amides is 2. The normalized spacial score (nSPS) is 18.7. The fraction of sp³-hybridized carbons (Fsp3) is 0.385. The zero-order valence-electron chi connectivity index (χ0n) is 10.3.